The molecule has 6 heteroatoms. The zero-order valence-electron chi connectivity index (χ0n) is 13.0. The summed E-state index contributed by atoms with van der Waals surface area (Å²) in [6.45, 7) is 9.76. The van der Waals surface area contributed by atoms with Gasteiger partial charge in [0.05, 0.1) is 18.3 Å². The number of ether oxygens (including phenoxy) is 1. The van der Waals surface area contributed by atoms with Crippen LogP contribution in [-0.2, 0) is 18.8 Å². The fourth-order valence-electron chi connectivity index (χ4n) is 2.34. The summed E-state index contributed by atoms with van der Waals surface area (Å²) in [4.78, 5) is 13.5. The summed E-state index contributed by atoms with van der Waals surface area (Å²) >= 11 is 0. The third-order valence-corrected chi connectivity index (χ3v) is 4.51. The number of likely N-dealkylation sites (tertiary alicyclic amines) is 1. The van der Waals surface area contributed by atoms with Gasteiger partial charge in [-0.3, -0.25) is 9.69 Å². The monoisotopic (exact) mass is 281 g/mol. The fourth-order valence-corrected chi connectivity index (χ4v) is 2.34. The molecule has 0 spiro atoms. The highest BCUT2D eigenvalue weighted by molar-refractivity contribution is 6.51. The Morgan fingerprint density at radius 1 is 1.35 bits per heavy atom. The maximum atomic E-state index is 11.5. The van der Waals surface area contributed by atoms with Gasteiger partial charge in [-0.1, -0.05) is 12.1 Å². The van der Waals surface area contributed by atoms with Crippen LogP contribution in [-0.4, -0.2) is 55.4 Å². The first-order valence-corrected chi connectivity index (χ1v) is 7.11. The third kappa shape index (κ3) is 2.92. The van der Waals surface area contributed by atoms with E-state index in [1.807, 2.05) is 39.7 Å². The minimum atomic E-state index is -0.321. The largest absolute Gasteiger partial charge is 0.486 e. The fraction of sp³-hybridized carbons (Fsp3) is 0.786. The Labute approximate surface area is 121 Å². The smallest absolute Gasteiger partial charge is 0.468 e. The van der Waals surface area contributed by atoms with Crippen LogP contribution < -0.4 is 0 Å². The zero-order valence-corrected chi connectivity index (χ0v) is 13.0. The maximum Gasteiger partial charge on any atom is 0.486 e. The molecule has 0 bridgehead atoms. The molecule has 0 unspecified atom stereocenters. The number of carbonyl (C=O) groups excluding carboxylic acids is 1. The Morgan fingerprint density at radius 3 is 2.40 bits per heavy atom. The lowest BCUT2D eigenvalue weighted by atomic mass is 9.90. The standard InChI is InChI=1S/C14H24BNO4/c1-13(2)14(3,4)20-15(19-13)8-6-9-16-10-7-11(16)12(17)18-5/h6,8,11H,7,9-10H2,1-5H3/b8-6+/t11-/m0/s1. The molecule has 2 heterocycles. The first kappa shape index (κ1) is 15.5. The summed E-state index contributed by atoms with van der Waals surface area (Å²) in [7, 11) is 1.11. The second-order valence-electron chi connectivity index (χ2n) is 6.38. The van der Waals surface area contributed by atoms with E-state index in [2.05, 4.69) is 4.90 Å². The van der Waals surface area contributed by atoms with Crippen molar-refractivity contribution in [2.24, 2.45) is 0 Å². The van der Waals surface area contributed by atoms with Crippen LogP contribution >= 0.6 is 0 Å². The van der Waals surface area contributed by atoms with Crippen molar-refractivity contribution in [1.29, 1.82) is 0 Å². The van der Waals surface area contributed by atoms with E-state index in [-0.39, 0.29) is 30.3 Å². The molecule has 0 aromatic rings. The lowest BCUT2D eigenvalue weighted by Gasteiger charge is -2.37. The van der Waals surface area contributed by atoms with Gasteiger partial charge in [0.25, 0.3) is 0 Å². The molecule has 20 heavy (non-hydrogen) atoms. The van der Waals surface area contributed by atoms with Crippen molar-refractivity contribution in [2.75, 3.05) is 20.2 Å². The Balaban J connectivity index is 1.82. The van der Waals surface area contributed by atoms with Gasteiger partial charge in [0.15, 0.2) is 0 Å². The van der Waals surface area contributed by atoms with Gasteiger partial charge in [0.2, 0.25) is 0 Å². The maximum absolute atomic E-state index is 11.5. The van der Waals surface area contributed by atoms with E-state index in [1.165, 1.54) is 7.11 Å². The van der Waals surface area contributed by atoms with Crippen LogP contribution in [0.3, 0.4) is 0 Å². The minimum absolute atomic E-state index is 0.0945. The second kappa shape index (κ2) is 5.50. The van der Waals surface area contributed by atoms with Gasteiger partial charge in [0, 0.05) is 13.1 Å². The first-order valence-electron chi connectivity index (χ1n) is 7.11. The molecule has 0 saturated carbocycles. The molecule has 0 radical (unpaired) electrons. The van der Waals surface area contributed by atoms with E-state index < -0.39 is 0 Å². The number of methoxy groups -OCH3 is 1. The first-order chi connectivity index (χ1) is 9.27. The van der Waals surface area contributed by atoms with Crippen LogP contribution in [0, 0.1) is 0 Å². The highest BCUT2D eigenvalue weighted by atomic mass is 16.7. The van der Waals surface area contributed by atoms with E-state index in [0.717, 1.165) is 13.0 Å². The molecule has 0 aromatic carbocycles. The van der Waals surface area contributed by atoms with E-state index >= 15 is 0 Å². The van der Waals surface area contributed by atoms with Crippen molar-refractivity contribution >= 4 is 13.1 Å². The van der Waals surface area contributed by atoms with E-state index in [4.69, 9.17) is 14.0 Å². The number of hydrogen-bond acceptors (Lipinski definition) is 5. The van der Waals surface area contributed by atoms with Gasteiger partial charge >= 0.3 is 13.1 Å². The Kier molecular flexibility index (Phi) is 4.28. The molecule has 5 nitrogen and oxygen atoms in total. The number of hydrogen-bond donors (Lipinski definition) is 0. The average molecular weight is 281 g/mol. The molecule has 2 aliphatic rings. The molecule has 0 amide bonds. The molecule has 2 saturated heterocycles. The average Bonchev–Trinajstić information content (AvgIpc) is 2.51. The highest BCUT2D eigenvalue weighted by Gasteiger charge is 2.50. The molecule has 2 fully saturated rings. The topological polar surface area (TPSA) is 48.0 Å². The van der Waals surface area contributed by atoms with Crippen molar-refractivity contribution in [3.05, 3.63) is 12.1 Å². The molecule has 0 aromatic heterocycles. The lowest BCUT2D eigenvalue weighted by Crippen LogP contribution is -2.52. The van der Waals surface area contributed by atoms with Crippen LogP contribution in [0.15, 0.2) is 12.1 Å². The van der Waals surface area contributed by atoms with Crippen molar-refractivity contribution in [2.45, 2.75) is 51.4 Å². The number of esters is 1. The van der Waals surface area contributed by atoms with Crippen molar-refractivity contribution in [3.8, 4) is 0 Å². The van der Waals surface area contributed by atoms with Gasteiger partial charge in [-0.05, 0) is 34.1 Å². The number of carbonyl (C=O) groups is 1. The quantitative estimate of drug-likeness (QED) is 0.576. The predicted octanol–water partition coefficient (Wildman–Crippen LogP) is 1.42. The Bertz CT molecular complexity index is 392. The van der Waals surface area contributed by atoms with Gasteiger partial charge < -0.3 is 14.0 Å². The molecular formula is C14H24BNO4. The van der Waals surface area contributed by atoms with Crippen molar-refractivity contribution in [3.63, 3.8) is 0 Å². The summed E-state index contributed by atoms with van der Waals surface area (Å²) in [5.74, 6) is 1.77. The SMILES string of the molecule is COC(=O)[C@@H]1CCN1C/C=C/B1OC(C)(C)C(C)(C)O1. The van der Waals surface area contributed by atoms with E-state index in [9.17, 15) is 4.79 Å². The molecule has 2 aliphatic heterocycles. The molecule has 2 rings (SSSR count). The van der Waals surface area contributed by atoms with Crippen LogP contribution in [0.2, 0.25) is 0 Å². The Hall–Kier alpha value is -0.845. The van der Waals surface area contributed by atoms with Gasteiger partial charge in [-0.25, -0.2) is 0 Å². The van der Waals surface area contributed by atoms with Crippen LogP contribution in [0.4, 0.5) is 0 Å². The van der Waals surface area contributed by atoms with Gasteiger partial charge in [-0.2, -0.15) is 0 Å². The summed E-state index contributed by atoms with van der Waals surface area (Å²) < 4.78 is 16.5. The molecular weight excluding hydrogens is 257 g/mol. The van der Waals surface area contributed by atoms with Crippen LogP contribution in [0.5, 0.6) is 0 Å². The summed E-state index contributed by atoms with van der Waals surface area (Å²) in [5.41, 5.74) is -0.624. The second-order valence-corrected chi connectivity index (χ2v) is 6.38. The number of rotatable bonds is 4. The lowest BCUT2D eigenvalue weighted by molar-refractivity contribution is -0.151. The molecule has 0 N–H and O–H groups in total. The summed E-state index contributed by atoms with van der Waals surface area (Å²) in [5, 5.41) is 0. The molecule has 0 aliphatic carbocycles. The summed E-state index contributed by atoms with van der Waals surface area (Å²) in [6, 6.07) is -0.0945. The van der Waals surface area contributed by atoms with Gasteiger partial charge in [0.1, 0.15) is 6.04 Å². The van der Waals surface area contributed by atoms with E-state index in [0.29, 0.717) is 6.54 Å². The summed E-state index contributed by atoms with van der Waals surface area (Å²) in [6.07, 6.45) is 2.87. The molecule has 112 valence electrons. The minimum Gasteiger partial charge on any atom is -0.468 e. The van der Waals surface area contributed by atoms with Crippen molar-refractivity contribution in [1.82, 2.24) is 4.90 Å². The third-order valence-electron chi connectivity index (χ3n) is 4.51. The van der Waals surface area contributed by atoms with Gasteiger partial charge in [-0.15, -0.1) is 0 Å². The number of nitrogens with zero attached hydrogens (tertiary/aromatic N) is 1. The highest BCUT2D eigenvalue weighted by Crippen LogP contribution is 2.36. The molecule has 1 atom stereocenters. The van der Waals surface area contributed by atoms with Crippen LogP contribution in [0.1, 0.15) is 34.1 Å². The Morgan fingerprint density at radius 2 is 1.95 bits per heavy atom. The van der Waals surface area contributed by atoms with Crippen molar-refractivity contribution < 1.29 is 18.8 Å². The van der Waals surface area contributed by atoms with E-state index in [1.54, 1.807) is 0 Å². The van der Waals surface area contributed by atoms with Crippen LogP contribution in [0.25, 0.3) is 0 Å². The normalized spacial score (nSPS) is 28.6. The zero-order chi connectivity index (χ0) is 15.0. The predicted molar refractivity (Wildman–Crippen MR) is 77.2 cm³/mol.